The molecule has 0 fully saturated rings. The predicted molar refractivity (Wildman–Crippen MR) is 82.0 cm³/mol. The molecule has 5 heteroatoms. The van der Waals surface area contributed by atoms with E-state index in [0.717, 1.165) is 11.3 Å². The average Bonchev–Trinajstić information content (AvgIpc) is 2.44. The summed E-state index contributed by atoms with van der Waals surface area (Å²) >= 11 is 1.71. The number of hydrogen-bond donors (Lipinski definition) is 2. The molecule has 1 amide bonds. The fraction of sp³-hybridized carbons (Fsp3) is 0.467. The van der Waals surface area contributed by atoms with Crippen molar-refractivity contribution in [2.45, 2.75) is 32.1 Å². The van der Waals surface area contributed by atoms with Gasteiger partial charge in [-0.25, -0.2) is 4.79 Å². The number of rotatable bonds is 7. The molecule has 110 valence electrons. The number of thioether (sulfide) groups is 1. The molecule has 20 heavy (non-hydrogen) atoms. The van der Waals surface area contributed by atoms with Gasteiger partial charge in [0.05, 0.1) is 0 Å². The molecule has 0 bridgehead atoms. The fourth-order valence-electron chi connectivity index (χ4n) is 1.83. The highest BCUT2D eigenvalue weighted by molar-refractivity contribution is 7.97. The number of carboxylic acids is 1. The van der Waals surface area contributed by atoms with Crippen molar-refractivity contribution in [3.8, 4) is 0 Å². The Bertz CT molecular complexity index is 459. The van der Waals surface area contributed by atoms with Crippen molar-refractivity contribution in [2.24, 2.45) is 5.92 Å². The second kappa shape index (κ2) is 7.94. The van der Waals surface area contributed by atoms with Crippen molar-refractivity contribution in [3.63, 3.8) is 0 Å². The Hall–Kier alpha value is -1.49. The zero-order valence-corrected chi connectivity index (χ0v) is 12.9. The smallest absolute Gasteiger partial charge is 0.326 e. The van der Waals surface area contributed by atoms with E-state index in [9.17, 15) is 9.59 Å². The van der Waals surface area contributed by atoms with Crippen LogP contribution in [-0.4, -0.2) is 29.3 Å². The molecule has 1 aromatic rings. The van der Waals surface area contributed by atoms with Crippen LogP contribution >= 0.6 is 11.8 Å². The number of aliphatic carboxylic acids is 1. The predicted octanol–water partition coefficient (Wildman–Crippen LogP) is 2.78. The fourth-order valence-corrected chi connectivity index (χ4v) is 2.35. The summed E-state index contributed by atoms with van der Waals surface area (Å²) in [6, 6.07) is 6.40. The number of benzene rings is 1. The molecule has 2 unspecified atom stereocenters. The number of carbonyl (C=O) groups is 2. The molecule has 0 aromatic heterocycles. The van der Waals surface area contributed by atoms with Gasteiger partial charge in [0.1, 0.15) is 6.04 Å². The molecule has 1 rings (SSSR count). The van der Waals surface area contributed by atoms with Gasteiger partial charge in [-0.05, 0) is 29.9 Å². The first-order chi connectivity index (χ1) is 9.49. The molecule has 0 saturated heterocycles. The third-order valence-corrected chi connectivity index (χ3v) is 3.91. The van der Waals surface area contributed by atoms with Gasteiger partial charge in [0.2, 0.25) is 0 Å². The van der Waals surface area contributed by atoms with E-state index in [0.29, 0.717) is 12.0 Å². The van der Waals surface area contributed by atoms with Gasteiger partial charge in [-0.2, -0.15) is 11.8 Å². The van der Waals surface area contributed by atoms with Gasteiger partial charge in [0, 0.05) is 11.3 Å². The zero-order valence-electron chi connectivity index (χ0n) is 12.1. The molecule has 2 atom stereocenters. The van der Waals surface area contributed by atoms with Crippen LogP contribution in [0.25, 0.3) is 0 Å². The number of amides is 1. The topological polar surface area (TPSA) is 66.4 Å². The first-order valence-electron chi connectivity index (χ1n) is 6.61. The largest absolute Gasteiger partial charge is 0.480 e. The second-order valence-electron chi connectivity index (χ2n) is 4.80. The van der Waals surface area contributed by atoms with Crippen LogP contribution in [0.4, 0.5) is 0 Å². The molecule has 0 aliphatic rings. The van der Waals surface area contributed by atoms with Gasteiger partial charge in [0.15, 0.2) is 0 Å². The molecule has 0 heterocycles. The number of hydrogen-bond acceptors (Lipinski definition) is 3. The second-order valence-corrected chi connectivity index (χ2v) is 5.67. The first-order valence-corrected chi connectivity index (χ1v) is 8.00. The average molecular weight is 295 g/mol. The molecule has 0 radical (unpaired) electrons. The lowest BCUT2D eigenvalue weighted by Gasteiger charge is -2.20. The summed E-state index contributed by atoms with van der Waals surface area (Å²) in [5.41, 5.74) is 1.63. The highest BCUT2D eigenvalue weighted by Gasteiger charge is 2.25. The van der Waals surface area contributed by atoms with Crippen molar-refractivity contribution < 1.29 is 14.7 Å². The van der Waals surface area contributed by atoms with Crippen LogP contribution in [0.2, 0.25) is 0 Å². The molecular weight excluding hydrogens is 274 g/mol. The van der Waals surface area contributed by atoms with Crippen LogP contribution in [0, 0.1) is 5.92 Å². The van der Waals surface area contributed by atoms with Crippen molar-refractivity contribution >= 4 is 23.6 Å². The van der Waals surface area contributed by atoms with Crippen molar-refractivity contribution in [1.82, 2.24) is 5.32 Å². The Balaban J connectivity index is 2.76. The molecule has 4 nitrogen and oxygen atoms in total. The number of nitrogens with one attached hydrogen (secondary N) is 1. The summed E-state index contributed by atoms with van der Waals surface area (Å²) < 4.78 is 0. The van der Waals surface area contributed by atoms with Crippen LogP contribution in [-0.2, 0) is 10.5 Å². The highest BCUT2D eigenvalue weighted by Crippen LogP contribution is 2.12. The molecule has 0 spiro atoms. The molecule has 0 aliphatic carbocycles. The van der Waals surface area contributed by atoms with Gasteiger partial charge in [-0.15, -0.1) is 0 Å². The van der Waals surface area contributed by atoms with Crippen molar-refractivity contribution in [1.29, 1.82) is 0 Å². The third kappa shape index (κ3) is 4.56. The van der Waals surface area contributed by atoms with Crippen molar-refractivity contribution in [3.05, 3.63) is 35.4 Å². The minimum atomic E-state index is -0.994. The summed E-state index contributed by atoms with van der Waals surface area (Å²) in [6.07, 6.45) is 2.72. The molecule has 0 saturated carbocycles. The van der Waals surface area contributed by atoms with Crippen LogP contribution in [0.1, 0.15) is 36.2 Å². The van der Waals surface area contributed by atoms with Gasteiger partial charge in [-0.3, -0.25) is 4.79 Å². The van der Waals surface area contributed by atoms with E-state index in [1.165, 1.54) is 0 Å². The Kier molecular flexibility index (Phi) is 6.58. The van der Waals surface area contributed by atoms with Gasteiger partial charge in [0.25, 0.3) is 5.91 Å². The summed E-state index contributed by atoms with van der Waals surface area (Å²) in [7, 11) is 0. The lowest BCUT2D eigenvalue weighted by atomic mass is 9.99. The van der Waals surface area contributed by atoms with Gasteiger partial charge < -0.3 is 10.4 Å². The SMILES string of the molecule is CCC(C)C(NC(=O)c1ccc(CSC)cc1)C(=O)O. The highest BCUT2D eigenvalue weighted by atomic mass is 32.2. The zero-order chi connectivity index (χ0) is 15.1. The van der Waals surface area contributed by atoms with E-state index in [4.69, 9.17) is 5.11 Å². The Morgan fingerprint density at radius 3 is 2.35 bits per heavy atom. The minimum absolute atomic E-state index is 0.104. The van der Waals surface area contributed by atoms with Crippen LogP contribution in [0.5, 0.6) is 0 Å². The maximum Gasteiger partial charge on any atom is 0.326 e. The summed E-state index contributed by atoms with van der Waals surface area (Å²) in [6.45, 7) is 3.73. The van der Waals surface area contributed by atoms with Crippen LogP contribution < -0.4 is 5.32 Å². The van der Waals surface area contributed by atoms with Gasteiger partial charge >= 0.3 is 5.97 Å². The molecule has 0 aliphatic heterocycles. The summed E-state index contributed by atoms with van der Waals surface area (Å²) in [5.74, 6) is -0.542. The van der Waals surface area contributed by atoms with E-state index in [1.807, 2.05) is 32.2 Å². The molecule has 1 aromatic carbocycles. The van der Waals surface area contributed by atoms with E-state index >= 15 is 0 Å². The normalized spacial score (nSPS) is 13.6. The first kappa shape index (κ1) is 16.6. The van der Waals surface area contributed by atoms with E-state index < -0.39 is 12.0 Å². The van der Waals surface area contributed by atoms with E-state index in [2.05, 4.69) is 5.32 Å². The van der Waals surface area contributed by atoms with E-state index in [1.54, 1.807) is 23.9 Å². The standard InChI is InChI=1S/C15H21NO3S/c1-4-10(2)13(15(18)19)16-14(17)12-7-5-11(6-8-12)9-20-3/h5-8,10,13H,4,9H2,1-3H3,(H,16,17)(H,18,19). The maximum absolute atomic E-state index is 12.1. The van der Waals surface area contributed by atoms with Crippen LogP contribution in [0.15, 0.2) is 24.3 Å². The van der Waals surface area contributed by atoms with Crippen LogP contribution in [0.3, 0.4) is 0 Å². The Morgan fingerprint density at radius 1 is 1.30 bits per heavy atom. The van der Waals surface area contributed by atoms with Gasteiger partial charge in [-0.1, -0.05) is 32.4 Å². The quantitative estimate of drug-likeness (QED) is 0.811. The number of carbonyl (C=O) groups excluding carboxylic acids is 1. The number of carboxylic acid groups (broad SMARTS) is 1. The van der Waals surface area contributed by atoms with E-state index in [-0.39, 0.29) is 11.8 Å². The monoisotopic (exact) mass is 295 g/mol. The lowest BCUT2D eigenvalue weighted by Crippen LogP contribution is -2.45. The Labute approximate surface area is 124 Å². The summed E-state index contributed by atoms with van der Waals surface area (Å²) in [5, 5.41) is 11.8. The molecular formula is C15H21NO3S. The lowest BCUT2D eigenvalue weighted by molar-refractivity contribution is -0.140. The minimum Gasteiger partial charge on any atom is -0.480 e. The Morgan fingerprint density at radius 2 is 1.90 bits per heavy atom. The summed E-state index contributed by atoms with van der Waals surface area (Å²) in [4.78, 5) is 23.3. The maximum atomic E-state index is 12.1. The van der Waals surface area contributed by atoms with Crippen molar-refractivity contribution in [2.75, 3.05) is 6.26 Å². The third-order valence-electron chi connectivity index (χ3n) is 3.29. The molecule has 2 N–H and O–H groups in total.